The predicted molar refractivity (Wildman–Crippen MR) is 90.2 cm³/mol. The molecule has 5 heteroatoms. The molecule has 1 unspecified atom stereocenters. The van der Waals surface area contributed by atoms with Gasteiger partial charge in [0.2, 0.25) is 0 Å². The van der Waals surface area contributed by atoms with E-state index < -0.39 is 6.10 Å². The number of urea groups is 1. The molecule has 118 valence electrons. The van der Waals surface area contributed by atoms with Crippen LogP contribution in [0.2, 0.25) is 0 Å². The molecule has 0 saturated carbocycles. The lowest BCUT2D eigenvalue weighted by molar-refractivity contribution is 0.176. The second-order valence-electron chi connectivity index (χ2n) is 5.21. The first-order valence-corrected chi connectivity index (χ1v) is 8.32. The number of thiophene rings is 1. The van der Waals surface area contributed by atoms with E-state index in [9.17, 15) is 9.90 Å². The quantitative estimate of drug-likeness (QED) is 0.687. The van der Waals surface area contributed by atoms with Crippen LogP contribution in [-0.4, -0.2) is 24.2 Å². The van der Waals surface area contributed by atoms with E-state index in [1.54, 1.807) is 0 Å². The highest BCUT2D eigenvalue weighted by Crippen LogP contribution is 2.22. The summed E-state index contributed by atoms with van der Waals surface area (Å²) in [6.07, 6.45) is 1.19. The number of amides is 2. The van der Waals surface area contributed by atoms with Gasteiger partial charge in [0.05, 0.1) is 6.54 Å². The molecule has 0 fully saturated rings. The smallest absolute Gasteiger partial charge is 0.314 e. The lowest BCUT2D eigenvalue weighted by Gasteiger charge is -2.12. The van der Waals surface area contributed by atoms with Crippen LogP contribution in [0.5, 0.6) is 0 Å². The molecule has 1 atom stereocenters. The number of hydrogen-bond acceptors (Lipinski definition) is 3. The largest absolute Gasteiger partial charge is 0.386 e. The Morgan fingerprint density at radius 3 is 2.68 bits per heavy atom. The normalized spacial score (nSPS) is 11.9. The van der Waals surface area contributed by atoms with E-state index in [0.29, 0.717) is 6.54 Å². The minimum Gasteiger partial charge on any atom is -0.386 e. The topological polar surface area (TPSA) is 61.4 Å². The zero-order chi connectivity index (χ0) is 15.8. The molecule has 0 bridgehead atoms. The number of benzene rings is 1. The fourth-order valence-electron chi connectivity index (χ4n) is 2.21. The Labute approximate surface area is 135 Å². The number of rotatable bonds is 7. The van der Waals surface area contributed by atoms with Gasteiger partial charge in [-0.15, -0.1) is 11.3 Å². The first-order chi connectivity index (χ1) is 10.7. The standard InChI is InChI=1S/C17H22N2O2S/c1-13-9-11-22-16(13)15(20)12-19-17(21)18-10-5-8-14-6-3-2-4-7-14/h2-4,6-7,9,11,15,20H,5,8,10,12H2,1H3,(H2,18,19,21). The van der Waals surface area contributed by atoms with E-state index in [1.807, 2.05) is 36.6 Å². The van der Waals surface area contributed by atoms with Gasteiger partial charge in [-0.1, -0.05) is 30.3 Å². The number of hydrogen-bond donors (Lipinski definition) is 3. The molecule has 1 heterocycles. The summed E-state index contributed by atoms with van der Waals surface area (Å²) < 4.78 is 0. The first kappa shape index (κ1) is 16.5. The minimum absolute atomic E-state index is 0.228. The van der Waals surface area contributed by atoms with Crippen molar-refractivity contribution in [3.63, 3.8) is 0 Å². The van der Waals surface area contributed by atoms with Gasteiger partial charge in [-0.2, -0.15) is 0 Å². The second-order valence-corrected chi connectivity index (χ2v) is 6.16. The molecule has 0 aliphatic heterocycles. The number of aryl methyl sites for hydroxylation is 2. The van der Waals surface area contributed by atoms with Crippen molar-refractivity contribution in [2.45, 2.75) is 25.9 Å². The number of carbonyl (C=O) groups excluding carboxylic acids is 1. The fourth-order valence-corrected chi connectivity index (χ4v) is 3.12. The molecule has 2 rings (SSSR count). The van der Waals surface area contributed by atoms with E-state index in [1.165, 1.54) is 16.9 Å². The van der Waals surface area contributed by atoms with Crippen LogP contribution in [0, 0.1) is 6.92 Å². The molecule has 3 N–H and O–H groups in total. The van der Waals surface area contributed by atoms with E-state index in [0.717, 1.165) is 23.3 Å². The van der Waals surface area contributed by atoms with Crippen LogP contribution < -0.4 is 10.6 Å². The maximum Gasteiger partial charge on any atom is 0.314 e. The molecule has 2 amide bonds. The number of aliphatic hydroxyl groups excluding tert-OH is 1. The number of nitrogens with one attached hydrogen (secondary N) is 2. The predicted octanol–water partition coefficient (Wildman–Crippen LogP) is 3.02. The fraction of sp³-hybridized carbons (Fsp3) is 0.353. The summed E-state index contributed by atoms with van der Waals surface area (Å²) in [5, 5.41) is 17.5. The highest BCUT2D eigenvalue weighted by molar-refractivity contribution is 7.10. The van der Waals surface area contributed by atoms with Crippen LogP contribution in [0.1, 0.15) is 28.5 Å². The second kappa shape index (κ2) is 8.56. The Kier molecular flexibility index (Phi) is 6.43. The maximum atomic E-state index is 11.7. The van der Waals surface area contributed by atoms with Gasteiger partial charge < -0.3 is 15.7 Å². The van der Waals surface area contributed by atoms with Gasteiger partial charge in [0.15, 0.2) is 0 Å². The molecule has 1 aromatic carbocycles. The minimum atomic E-state index is -0.643. The third-order valence-electron chi connectivity index (χ3n) is 3.43. The van der Waals surface area contributed by atoms with Crippen LogP contribution in [0.4, 0.5) is 4.79 Å². The summed E-state index contributed by atoms with van der Waals surface area (Å²) in [4.78, 5) is 12.6. The molecular weight excluding hydrogens is 296 g/mol. The maximum absolute atomic E-state index is 11.7. The number of aliphatic hydroxyl groups is 1. The van der Waals surface area contributed by atoms with Gasteiger partial charge in [0.25, 0.3) is 0 Å². The van der Waals surface area contributed by atoms with Crippen molar-refractivity contribution < 1.29 is 9.90 Å². The van der Waals surface area contributed by atoms with Crippen molar-refractivity contribution in [3.8, 4) is 0 Å². The SMILES string of the molecule is Cc1ccsc1C(O)CNC(=O)NCCCc1ccccc1. The molecule has 0 aliphatic rings. The van der Waals surface area contributed by atoms with Gasteiger partial charge in [-0.25, -0.2) is 4.79 Å². The molecular formula is C17H22N2O2S. The Morgan fingerprint density at radius 1 is 1.23 bits per heavy atom. The first-order valence-electron chi connectivity index (χ1n) is 7.44. The lowest BCUT2D eigenvalue weighted by Crippen LogP contribution is -2.38. The van der Waals surface area contributed by atoms with Crippen molar-refractivity contribution in [2.24, 2.45) is 0 Å². The highest BCUT2D eigenvalue weighted by Gasteiger charge is 2.12. The van der Waals surface area contributed by atoms with E-state index in [4.69, 9.17) is 0 Å². The summed E-state index contributed by atoms with van der Waals surface area (Å²) in [5.74, 6) is 0. The Hall–Kier alpha value is -1.85. The Bertz CT molecular complexity index is 583. The third kappa shape index (κ3) is 5.16. The van der Waals surface area contributed by atoms with E-state index >= 15 is 0 Å². The molecule has 0 aliphatic carbocycles. The summed E-state index contributed by atoms with van der Waals surface area (Å²) in [7, 11) is 0. The highest BCUT2D eigenvalue weighted by atomic mass is 32.1. The van der Waals surface area contributed by atoms with E-state index in [-0.39, 0.29) is 12.6 Å². The van der Waals surface area contributed by atoms with Crippen LogP contribution in [-0.2, 0) is 6.42 Å². The van der Waals surface area contributed by atoms with Crippen molar-refractivity contribution in [1.29, 1.82) is 0 Å². The molecule has 0 radical (unpaired) electrons. The average Bonchev–Trinajstić information content (AvgIpc) is 2.96. The van der Waals surface area contributed by atoms with Crippen LogP contribution in [0.3, 0.4) is 0 Å². The van der Waals surface area contributed by atoms with Gasteiger partial charge in [-0.3, -0.25) is 0 Å². The van der Waals surface area contributed by atoms with Crippen LogP contribution >= 0.6 is 11.3 Å². The summed E-state index contributed by atoms with van der Waals surface area (Å²) in [6, 6.07) is 11.9. The molecule has 2 aromatic rings. The molecule has 0 saturated heterocycles. The third-order valence-corrected chi connectivity index (χ3v) is 4.55. The molecule has 22 heavy (non-hydrogen) atoms. The van der Waals surface area contributed by atoms with Gasteiger partial charge in [-0.05, 0) is 42.3 Å². The van der Waals surface area contributed by atoms with Crippen molar-refractivity contribution in [3.05, 3.63) is 57.8 Å². The van der Waals surface area contributed by atoms with Crippen LogP contribution in [0.25, 0.3) is 0 Å². The Morgan fingerprint density at radius 2 is 2.00 bits per heavy atom. The molecule has 0 spiro atoms. The zero-order valence-corrected chi connectivity index (χ0v) is 13.5. The summed E-state index contributed by atoms with van der Waals surface area (Å²) in [5.41, 5.74) is 2.33. The number of carbonyl (C=O) groups is 1. The van der Waals surface area contributed by atoms with E-state index in [2.05, 4.69) is 22.8 Å². The van der Waals surface area contributed by atoms with Crippen molar-refractivity contribution in [2.75, 3.05) is 13.1 Å². The lowest BCUT2D eigenvalue weighted by atomic mass is 10.1. The molecule has 4 nitrogen and oxygen atoms in total. The monoisotopic (exact) mass is 318 g/mol. The van der Waals surface area contributed by atoms with Crippen molar-refractivity contribution >= 4 is 17.4 Å². The van der Waals surface area contributed by atoms with Gasteiger partial charge in [0.1, 0.15) is 6.10 Å². The Balaban J connectivity index is 1.61. The van der Waals surface area contributed by atoms with Gasteiger partial charge in [0, 0.05) is 11.4 Å². The summed E-state index contributed by atoms with van der Waals surface area (Å²) in [6.45, 7) is 2.80. The molecule has 1 aromatic heterocycles. The van der Waals surface area contributed by atoms with Crippen LogP contribution in [0.15, 0.2) is 41.8 Å². The zero-order valence-electron chi connectivity index (χ0n) is 12.7. The average molecular weight is 318 g/mol. The van der Waals surface area contributed by atoms with Crippen molar-refractivity contribution in [1.82, 2.24) is 10.6 Å². The van der Waals surface area contributed by atoms with Gasteiger partial charge >= 0.3 is 6.03 Å². The summed E-state index contributed by atoms with van der Waals surface area (Å²) >= 11 is 1.51.